The molecule has 1 aromatic heterocycles. The molecule has 0 aliphatic heterocycles. The monoisotopic (exact) mass is 422 g/mol. The van der Waals surface area contributed by atoms with Crippen molar-refractivity contribution in [1.82, 2.24) is 0 Å². The molecule has 0 spiro atoms. The molecule has 1 amide bonds. The average molecular weight is 423 g/mol. The van der Waals surface area contributed by atoms with Crippen molar-refractivity contribution in [2.24, 2.45) is 0 Å². The van der Waals surface area contributed by atoms with Crippen molar-refractivity contribution in [3.63, 3.8) is 0 Å². The lowest BCUT2D eigenvalue weighted by Crippen LogP contribution is -2.22. The van der Waals surface area contributed by atoms with E-state index in [0.717, 1.165) is 41.2 Å². The van der Waals surface area contributed by atoms with Crippen molar-refractivity contribution in [3.8, 4) is 11.3 Å². The molecule has 156 valence electrons. The summed E-state index contributed by atoms with van der Waals surface area (Å²) in [5, 5.41) is 3.63. The van der Waals surface area contributed by atoms with E-state index in [1.54, 1.807) is 6.08 Å². The lowest BCUT2D eigenvalue weighted by molar-refractivity contribution is -0.111. The van der Waals surface area contributed by atoms with Gasteiger partial charge in [0.05, 0.1) is 0 Å². The number of anilines is 2. The maximum atomic E-state index is 12.4. The van der Waals surface area contributed by atoms with Crippen LogP contribution in [0.25, 0.3) is 17.4 Å². The number of rotatable bonds is 7. The molecule has 1 N–H and O–H groups in total. The molecular formula is C25H27ClN2O2. The number of carbonyl (C=O) groups excluding carboxylic acids is 1. The predicted molar refractivity (Wildman–Crippen MR) is 126 cm³/mol. The minimum atomic E-state index is -0.204. The van der Waals surface area contributed by atoms with Gasteiger partial charge in [-0.3, -0.25) is 4.79 Å². The molecule has 0 bridgehead atoms. The number of hydrogen-bond acceptors (Lipinski definition) is 3. The molecule has 0 radical (unpaired) electrons. The minimum Gasteiger partial charge on any atom is -0.457 e. The summed E-state index contributed by atoms with van der Waals surface area (Å²) in [4.78, 5) is 14.6. The van der Waals surface area contributed by atoms with Crippen LogP contribution in [0.15, 0.2) is 59.0 Å². The molecule has 0 atom stereocenters. The van der Waals surface area contributed by atoms with E-state index in [0.29, 0.717) is 16.5 Å². The Morgan fingerprint density at radius 1 is 1.03 bits per heavy atom. The van der Waals surface area contributed by atoms with Crippen molar-refractivity contribution < 1.29 is 9.21 Å². The van der Waals surface area contributed by atoms with E-state index >= 15 is 0 Å². The Balaban J connectivity index is 1.66. The summed E-state index contributed by atoms with van der Waals surface area (Å²) in [6.45, 7) is 10.1. The van der Waals surface area contributed by atoms with Gasteiger partial charge in [0.15, 0.2) is 0 Å². The van der Waals surface area contributed by atoms with Crippen LogP contribution in [0.2, 0.25) is 5.02 Å². The number of furan rings is 1. The van der Waals surface area contributed by atoms with Gasteiger partial charge in [0.1, 0.15) is 11.5 Å². The number of halogens is 1. The van der Waals surface area contributed by atoms with E-state index in [1.807, 2.05) is 56.3 Å². The van der Waals surface area contributed by atoms with Gasteiger partial charge in [0.2, 0.25) is 5.91 Å². The first kappa shape index (κ1) is 21.7. The molecule has 0 unspecified atom stereocenters. The highest BCUT2D eigenvalue weighted by molar-refractivity contribution is 6.31. The Kier molecular flexibility index (Phi) is 7.01. The normalized spacial score (nSPS) is 11.1. The maximum absolute atomic E-state index is 12.4. The standard InChI is InChI=1S/C25H27ClN2O2/c1-5-28(6-2)20-9-12-23(18(4)15-20)27-25(29)14-11-21-10-13-24(30-21)19-8-7-17(3)22(26)16-19/h7-16H,5-6H2,1-4H3,(H,27,29)/b14-11+. The van der Waals surface area contributed by atoms with Crippen LogP contribution < -0.4 is 10.2 Å². The smallest absolute Gasteiger partial charge is 0.248 e. The van der Waals surface area contributed by atoms with Crippen molar-refractivity contribution in [3.05, 3.63) is 76.5 Å². The Hall–Kier alpha value is -2.98. The fourth-order valence-electron chi connectivity index (χ4n) is 3.25. The third kappa shape index (κ3) is 5.14. The van der Waals surface area contributed by atoms with Crippen LogP contribution in [0.3, 0.4) is 0 Å². The van der Waals surface area contributed by atoms with Crippen LogP contribution in [0, 0.1) is 13.8 Å². The molecule has 5 heteroatoms. The number of amides is 1. The van der Waals surface area contributed by atoms with Crippen molar-refractivity contribution >= 4 is 35.0 Å². The highest BCUT2D eigenvalue weighted by Gasteiger charge is 2.08. The van der Waals surface area contributed by atoms with E-state index in [2.05, 4.69) is 30.1 Å². The zero-order valence-corrected chi connectivity index (χ0v) is 18.6. The first-order valence-corrected chi connectivity index (χ1v) is 10.5. The van der Waals surface area contributed by atoms with E-state index in [9.17, 15) is 4.79 Å². The summed E-state index contributed by atoms with van der Waals surface area (Å²) in [6.07, 6.45) is 3.14. The van der Waals surface area contributed by atoms with Gasteiger partial charge in [0.25, 0.3) is 0 Å². The number of nitrogens with zero attached hydrogens (tertiary/aromatic N) is 1. The minimum absolute atomic E-state index is 0.204. The number of aryl methyl sites for hydroxylation is 2. The Bertz CT molecular complexity index is 1060. The molecule has 0 saturated heterocycles. The van der Waals surface area contributed by atoms with Crippen molar-refractivity contribution in [2.45, 2.75) is 27.7 Å². The summed E-state index contributed by atoms with van der Waals surface area (Å²) in [5.41, 5.74) is 4.90. The summed E-state index contributed by atoms with van der Waals surface area (Å²) in [5.74, 6) is 1.11. The van der Waals surface area contributed by atoms with Gasteiger partial charge in [-0.25, -0.2) is 0 Å². The van der Waals surface area contributed by atoms with E-state index < -0.39 is 0 Å². The largest absolute Gasteiger partial charge is 0.457 e. The second-order valence-electron chi connectivity index (χ2n) is 7.16. The molecule has 1 heterocycles. The lowest BCUT2D eigenvalue weighted by atomic mass is 10.1. The third-order valence-corrected chi connectivity index (χ3v) is 5.49. The number of nitrogens with one attached hydrogen (secondary N) is 1. The molecule has 3 aromatic rings. The molecule has 4 nitrogen and oxygen atoms in total. The molecular weight excluding hydrogens is 396 g/mol. The molecule has 30 heavy (non-hydrogen) atoms. The summed E-state index contributed by atoms with van der Waals surface area (Å²) in [7, 11) is 0. The van der Waals surface area contributed by atoms with Crippen LogP contribution in [0.1, 0.15) is 30.7 Å². The number of benzene rings is 2. The fourth-order valence-corrected chi connectivity index (χ4v) is 3.43. The summed E-state index contributed by atoms with van der Waals surface area (Å²) >= 11 is 6.20. The van der Waals surface area contributed by atoms with Crippen molar-refractivity contribution in [2.75, 3.05) is 23.3 Å². The second-order valence-corrected chi connectivity index (χ2v) is 7.57. The van der Waals surface area contributed by atoms with Crippen LogP contribution in [-0.4, -0.2) is 19.0 Å². The molecule has 0 fully saturated rings. The van der Waals surface area contributed by atoms with Gasteiger partial charge in [0, 0.05) is 41.1 Å². The van der Waals surface area contributed by atoms with Crippen molar-refractivity contribution in [1.29, 1.82) is 0 Å². The molecule has 0 saturated carbocycles. The third-order valence-electron chi connectivity index (χ3n) is 5.08. The van der Waals surface area contributed by atoms with Crippen LogP contribution in [-0.2, 0) is 4.79 Å². The molecule has 3 rings (SSSR count). The SMILES string of the molecule is CCN(CC)c1ccc(NC(=O)/C=C/c2ccc(-c3ccc(C)c(Cl)c3)o2)c(C)c1. The molecule has 0 aliphatic rings. The van der Waals surface area contributed by atoms with Gasteiger partial charge in [-0.2, -0.15) is 0 Å². The lowest BCUT2D eigenvalue weighted by Gasteiger charge is -2.22. The highest BCUT2D eigenvalue weighted by Crippen LogP contribution is 2.27. The molecule has 0 aliphatic carbocycles. The van der Waals surface area contributed by atoms with E-state index in [4.69, 9.17) is 16.0 Å². The first-order valence-electron chi connectivity index (χ1n) is 10.1. The fraction of sp³-hybridized carbons (Fsp3) is 0.240. The van der Waals surface area contributed by atoms with Gasteiger partial charge in [-0.05, 0) is 81.3 Å². The van der Waals surface area contributed by atoms with Crippen LogP contribution in [0.4, 0.5) is 11.4 Å². The van der Waals surface area contributed by atoms with Crippen LogP contribution >= 0.6 is 11.6 Å². The van der Waals surface area contributed by atoms with Gasteiger partial charge in [-0.15, -0.1) is 0 Å². The Labute approximate surface area is 183 Å². The quantitative estimate of drug-likeness (QED) is 0.430. The van der Waals surface area contributed by atoms with Gasteiger partial charge >= 0.3 is 0 Å². The molecule has 2 aromatic carbocycles. The zero-order chi connectivity index (χ0) is 21.7. The topological polar surface area (TPSA) is 45.5 Å². The summed E-state index contributed by atoms with van der Waals surface area (Å²) < 4.78 is 5.82. The van der Waals surface area contributed by atoms with Gasteiger partial charge in [-0.1, -0.05) is 23.7 Å². The number of carbonyl (C=O) groups is 1. The van der Waals surface area contributed by atoms with Gasteiger partial charge < -0.3 is 14.6 Å². The predicted octanol–water partition coefficient (Wildman–Crippen LogP) is 6.71. The average Bonchev–Trinajstić information content (AvgIpc) is 3.20. The zero-order valence-electron chi connectivity index (χ0n) is 17.8. The highest BCUT2D eigenvalue weighted by atomic mass is 35.5. The maximum Gasteiger partial charge on any atom is 0.248 e. The number of hydrogen-bond donors (Lipinski definition) is 1. The van der Waals surface area contributed by atoms with E-state index in [1.165, 1.54) is 6.08 Å². The summed E-state index contributed by atoms with van der Waals surface area (Å²) in [6, 6.07) is 15.6. The Morgan fingerprint density at radius 2 is 1.80 bits per heavy atom. The first-order chi connectivity index (χ1) is 14.4. The van der Waals surface area contributed by atoms with E-state index in [-0.39, 0.29) is 5.91 Å². The van der Waals surface area contributed by atoms with Crippen LogP contribution in [0.5, 0.6) is 0 Å². The second kappa shape index (κ2) is 9.68. The Morgan fingerprint density at radius 3 is 2.47 bits per heavy atom.